The minimum absolute atomic E-state index is 0.00294. The lowest BCUT2D eigenvalue weighted by molar-refractivity contribution is -0.118. The highest BCUT2D eigenvalue weighted by Crippen LogP contribution is 2.30. The fourth-order valence-corrected chi connectivity index (χ4v) is 3.02. The Bertz CT molecular complexity index is 942. The van der Waals surface area contributed by atoms with Gasteiger partial charge in [0.05, 0.1) is 0 Å². The smallest absolute Gasteiger partial charge is 0.226 e. The minimum Gasteiger partial charge on any atom is -0.326 e. The number of anilines is 1. The molecule has 0 radical (unpaired) electrons. The quantitative estimate of drug-likeness (QED) is 0.794. The van der Waals surface area contributed by atoms with Gasteiger partial charge >= 0.3 is 0 Å². The van der Waals surface area contributed by atoms with Gasteiger partial charge in [-0.2, -0.15) is 5.10 Å². The molecule has 4 rings (SSSR count). The summed E-state index contributed by atoms with van der Waals surface area (Å²) in [4.78, 5) is 16.7. The van der Waals surface area contributed by atoms with Crippen LogP contribution in [0.5, 0.6) is 0 Å². The van der Waals surface area contributed by atoms with Crippen molar-refractivity contribution in [3.8, 4) is 22.8 Å². The maximum atomic E-state index is 11.9. The predicted octanol–water partition coefficient (Wildman–Crippen LogP) is 3.76. The molecule has 2 aromatic carbocycles. The van der Waals surface area contributed by atoms with Crippen LogP contribution in [0.4, 0.5) is 5.69 Å². The van der Waals surface area contributed by atoms with Gasteiger partial charge in [0.2, 0.25) is 5.91 Å². The van der Waals surface area contributed by atoms with Gasteiger partial charge in [-0.1, -0.05) is 50.2 Å². The zero-order valence-electron chi connectivity index (χ0n) is 14.4. The van der Waals surface area contributed by atoms with Crippen molar-refractivity contribution in [3.05, 3.63) is 54.1 Å². The van der Waals surface area contributed by atoms with Gasteiger partial charge in [0, 0.05) is 29.3 Å². The topological polar surface area (TPSA) is 59.8 Å². The van der Waals surface area contributed by atoms with Gasteiger partial charge in [0.15, 0.2) is 11.6 Å². The van der Waals surface area contributed by atoms with Gasteiger partial charge in [-0.05, 0) is 24.1 Å². The lowest BCUT2D eigenvalue weighted by atomic mass is 10.0. The molecule has 1 aliphatic heterocycles. The summed E-state index contributed by atoms with van der Waals surface area (Å²) in [5.74, 6) is 1.54. The summed E-state index contributed by atoms with van der Waals surface area (Å²) in [5, 5.41) is 7.60. The van der Waals surface area contributed by atoms with Gasteiger partial charge < -0.3 is 5.32 Å². The predicted molar refractivity (Wildman–Crippen MR) is 98.1 cm³/mol. The van der Waals surface area contributed by atoms with Crippen LogP contribution in [-0.2, 0) is 17.8 Å². The van der Waals surface area contributed by atoms with E-state index in [0.717, 1.165) is 35.6 Å². The van der Waals surface area contributed by atoms with Crippen LogP contribution in [0.2, 0.25) is 0 Å². The Hall–Kier alpha value is -2.95. The van der Waals surface area contributed by atoms with Gasteiger partial charge in [-0.25, -0.2) is 9.67 Å². The van der Waals surface area contributed by atoms with Crippen LogP contribution in [0, 0.1) is 5.92 Å². The molecule has 0 saturated carbocycles. The minimum atomic E-state index is -0.0572. The van der Waals surface area contributed by atoms with E-state index in [1.807, 2.05) is 48.9 Å². The molecule has 0 spiro atoms. The number of carbonyl (C=O) groups excluding carboxylic acids is 1. The van der Waals surface area contributed by atoms with Crippen LogP contribution in [0.1, 0.15) is 19.4 Å². The van der Waals surface area contributed by atoms with E-state index in [-0.39, 0.29) is 11.8 Å². The average Bonchev–Trinajstić information content (AvgIpc) is 3.06. The molecule has 0 unspecified atom stereocenters. The zero-order chi connectivity index (χ0) is 17.4. The molecule has 5 heteroatoms. The van der Waals surface area contributed by atoms with E-state index in [2.05, 4.69) is 28.6 Å². The Balaban J connectivity index is 1.69. The maximum absolute atomic E-state index is 11.9. The lowest BCUT2D eigenvalue weighted by Gasteiger charge is -2.15. The van der Waals surface area contributed by atoms with Crippen molar-refractivity contribution in [2.75, 3.05) is 5.32 Å². The number of aryl methyl sites for hydroxylation is 2. The molecule has 0 saturated heterocycles. The Kier molecular flexibility index (Phi) is 3.84. The van der Waals surface area contributed by atoms with Crippen molar-refractivity contribution in [3.63, 3.8) is 0 Å². The molecule has 1 aromatic heterocycles. The fraction of sp³-hybridized carbons (Fsp3) is 0.250. The Morgan fingerprint density at radius 1 is 1.16 bits per heavy atom. The molecular weight excluding hydrogens is 312 g/mol. The standard InChI is InChI=1S/C20H20N4O/c1-13(2)20(25)21-16-8-5-7-15(12-16)18-22-19-17-9-4-3-6-14(17)10-11-24(19)23-18/h3-9,12-13H,10-11H2,1-2H3,(H,21,25). The summed E-state index contributed by atoms with van der Waals surface area (Å²) in [7, 11) is 0. The number of nitrogens with one attached hydrogen (secondary N) is 1. The first-order chi connectivity index (χ1) is 12.1. The molecule has 0 atom stereocenters. The summed E-state index contributed by atoms with van der Waals surface area (Å²) in [6.45, 7) is 4.59. The van der Waals surface area contributed by atoms with Crippen molar-refractivity contribution in [1.29, 1.82) is 0 Å². The number of benzene rings is 2. The first-order valence-electron chi connectivity index (χ1n) is 8.56. The van der Waals surface area contributed by atoms with Crippen LogP contribution < -0.4 is 5.32 Å². The molecule has 1 N–H and O–H groups in total. The van der Waals surface area contributed by atoms with Crippen LogP contribution in [0.3, 0.4) is 0 Å². The highest BCUT2D eigenvalue weighted by Gasteiger charge is 2.20. The number of nitrogens with zero attached hydrogens (tertiary/aromatic N) is 3. The molecule has 126 valence electrons. The van der Waals surface area contributed by atoms with Crippen LogP contribution in [0.15, 0.2) is 48.5 Å². The van der Waals surface area contributed by atoms with E-state index in [4.69, 9.17) is 4.98 Å². The maximum Gasteiger partial charge on any atom is 0.226 e. The van der Waals surface area contributed by atoms with Crippen molar-refractivity contribution >= 4 is 11.6 Å². The van der Waals surface area contributed by atoms with Crippen LogP contribution in [-0.4, -0.2) is 20.7 Å². The Labute approximate surface area is 146 Å². The van der Waals surface area contributed by atoms with Gasteiger partial charge in [0.25, 0.3) is 0 Å². The van der Waals surface area contributed by atoms with Crippen molar-refractivity contribution < 1.29 is 4.79 Å². The number of fused-ring (bicyclic) bond motifs is 3. The van der Waals surface area contributed by atoms with E-state index in [0.29, 0.717) is 5.82 Å². The number of carbonyl (C=O) groups is 1. The third kappa shape index (κ3) is 2.93. The molecule has 5 nitrogen and oxygen atoms in total. The highest BCUT2D eigenvalue weighted by atomic mass is 16.1. The molecule has 1 aliphatic rings. The van der Waals surface area contributed by atoms with E-state index in [1.165, 1.54) is 5.56 Å². The molecule has 1 amide bonds. The van der Waals surface area contributed by atoms with E-state index in [9.17, 15) is 4.79 Å². The van der Waals surface area contributed by atoms with E-state index >= 15 is 0 Å². The molecule has 2 heterocycles. The summed E-state index contributed by atoms with van der Waals surface area (Å²) in [6, 6.07) is 16.0. The van der Waals surface area contributed by atoms with Crippen molar-refractivity contribution in [2.45, 2.75) is 26.8 Å². The first kappa shape index (κ1) is 15.6. The molecular formula is C20H20N4O. The average molecular weight is 332 g/mol. The van der Waals surface area contributed by atoms with Crippen LogP contribution in [0.25, 0.3) is 22.8 Å². The lowest BCUT2D eigenvalue weighted by Crippen LogP contribution is -2.17. The van der Waals surface area contributed by atoms with E-state index in [1.54, 1.807) is 0 Å². The molecule has 25 heavy (non-hydrogen) atoms. The summed E-state index contributed by atoms with van der Waals surface area (Å²) in [5.41, 5.74) is 4.13. The molecule has 0 bridgehead atoms. The van der Waals surface area contributed by atoms with Crippen molar-refractivity contribution in [1.82, 2.24) is 14.8 Å². The normalized spacial score (nSPS) is 12.6. The zero-order valence-corrected chi connectivity index (χ0v) is 14.4. The number of aromatic nitrogens is 3. The Morgan fingerprint density at radius 2 is 2.00 bits per heavy atom. The van der Waals surface area contributed by atoms with Gasteiger partial charge in [-0.3, -0.25) is 4.79 Å². The molecule has 0 fully saturated rings. The second-order valence-electron chi connectivity index (χ2n) is 6.61. The van der Waals surface area contributed by atoms with E-state index < -0.39 is 0 Å². The third-order valence-electron chi connectivity index (χ3n) is 4.44. The summed E-state index contributed by atoms with van der Waals surface area (Å²) < 4.78 is 1.97. The number of rotatable bonds is 3. The monoisotopic (exact) mass is 332 g/mol. The SMILES string of the molecule is CC(C)C(=O)Nc1cccc(-c2nc3n(n2)CCc2ccccc2-3)c1. The first-order valence-corrected chi connectivity index (χ1v) is 8.56. The van der Waals surface area contributed by atoms with Gasteiger partial charge in [0.1, 0.15) is 0 Å². The molecule has 0 aliphatic carbocycles. The summed E-state index contributed by atoms with van der Waals surface area (Å²) in [6.07, 6.45) is 0.969. The summed E-state index contributed by atoms with van der Waals surface area (Å²) >= 11 is 0. The number of hydrogen-bond donors (Lipinski definition) is 1. The molecule has 3 aromatic rings. The second kappa shape index (κ2) is 6.16. The van der Waals surface area contributed by atoms with Crippen LogP contribution >= 0.6 is 0 Å². The van der Waals surface area contributed by atoms with Gasteiger partial charge in [-0.15, -0.1) is 0 Å². The highest BCUT2D eigenvalue weighted by molar-refractivity contribution is 5.92. The number of amides is 1. The Morgan fingerprint density at radius 3 is 2.84 bits per heavy atom. The van der Waals surface area contributed by atoms with Crippen molar-refractivity contribution in [2.24, 2.45) is 5.92 Å². The third-order valence-corrected chi connectivity index (χ3v) is 4.44. The largest absolute Gasteiger partial charge is 0.326 e. The second-order valence-corrected chi connectivity index (χ2v) is 6.61. The fourth-order valence-electron chi connectivity index (χ4n) is 3.02. The number of hydrogen-bond acceptors (Lipinski definition) is 3.